The molecule has 0 saturated heterocycles. The van der Waals surface area contributed by atoms with Crippen molar-refractivity contribution in [3.05, 3.63) is 64.9 Å². The van der Waals surface area contributed by atoms with Crippen LogP contribution < -0.4 is 10.1 Å². The summed E-state index contributed by atoms with van der Waals surface area (Å²) in [5.74, 6) is -0.553. The lowest BCUT2D eigenvalue weighted by molar-refractivity contribution is -0.154. The summed E-state index contributed by atoms with van der Waals surface area (Å²) < 4.78 is 18.0. The molecule has 2 aromatic carbocycles. The minimum absolute atomic E-state index is 0.248. The van der Waals surface area contributed by atoms with Gasteiger partial charge in [0.25, 0.3) is 8.32 Å². The summed E-state index contributed by atoms with van der Waals surface area (Å²) in [5.41, 5.74) is 6.14. The van der Waals surface area contributed by atoms with Gasteiger partial charge in [0, 0.05) is 29.2 Å². The lowest BCUT2D eigenvalue weighted by Gasteiger charge is -2.46. The number of allylic oxidation sites excluding steroid dienone is 1. The summed E-state index contributed by atoms with van der Waals surface area (Å²) in [6.07, 6.45) is 0.530. The molecule has 0 unspecified atom stereocenters. The lowest BCUT2D eigenvalue weighted by Crippen LogP contribution is -2.49. The van der Waals surface area contributed by atoms with Gasteiger partial charge in [-0.2, -0.15) is 0 Å². The fourth-order valence-electron chi connectivity index (χ4n) is 7.13. The van der Waals surface area contributed by atoms with Crippen LogP contribution in [-0.2, 0) is 18.8 Å². The normalized spacial score (nSPS) is 20.6. The maximum atomic E-state index is 13.7. The number of benzene rings is 2. The SMILES string of the molecule is COC(=O)C(=O)[C@H]1[C@@H]2Nc3ccc(OC)cc3C2=C(O[Si](C(C)C)(C(C)C)C(C)C)C[C@@H]1c1cccc(C)c1. The van der Waals surface area contributed by atoms with Crippen molar-refractivity contribution < 1.29 is 23.5 Å². The Balaban J connectivity index is 1.99. The van der Waals surface area contributed by atoms with E-state index in [-0.39, 0.29) is 5.92 Å². The maximum Gasteiger partial charge on any atom is 0.374 e. The standard InChI is InChI=1S/C32H43NO5Si/c1-18(2)39(19(3)4,20(5)6)38-27-17-24(22-12-10-11-21(7)15-22)29(31(34)32(35)37-9)30-28(27)25-16-23(36-8)13-14-26(25)33-30/h10-16,18-20,24,29-30,33H,17H2,1-9H3/t24-,29-,30-/m1/s1. The van der Waals surface area contributed by atoms with E-state index in [0.29, 0.717) is 23.0 Å². The average Bonchev–Trinajstić information content (AvgIpc) is 3.28. The molecule has 2 aliphatic rings. The van der Waals surface area contributed by atoms with E-state index in [1.807, 2.05) is 37.3 Å². The molecule has 1 aliphatic heterocycles. The molecule has 0 radical (unpaired) electrons. The van der Waals surface area contributed by atoms with Gasteiger partial charge in [0.2, 0.25) is 5.78 Å². The first kappa shape index (κ1) is 28.9. The first-order valence-corrected chi connectivity index (χ1v) is 16.2. The molecule has 6 nitrogen and oxygen atoms in total. The first-order valence-electron chi connectivity index (χ1n) is 14.0. The van der Waals surface area contributed by atoms with Crippen LogP contribution in [-0.4, -0.2) is 40.3 Å². The fraction of sp³-hybridized carbons (Fsp3) is 0.500. The zero-order valence-electron chi connectivity index (χ0n) is 24.8. The zero-order valence-corrected chi connectivity index (χ0v) is 25.8. The Morgan fingerprint density at radius 1 is 0.949 bits per heavy atom. The highest BCUT2D eigenvalue weighted by atomic mass is 28.4. The largest absolute Gasteiger partial charge is 0.545 e. The molecule has 210 valence electrons. The second kappa shape index (κ2) is 11.2. The van der Waals surface area contributed by atoms with Crippen LogP contribution in [0.3, 0.4) is 0 Å². The van der Waals surface area contributed by atoms with Gasteiger partial charge < -0.3 is 19.2 Å². The highest BCUT2D eigenvalue weighted by molar-refractivity contribution is 6.78. The number of esters is 1. The van der Waals surface area contributed by atoms with Crippen molar-refractivity contribution in [2.45, 2.75) is 83.5 Å². The predicted octanol–water partition coefficient (Wildman–Crippen LogP) is 7.25. The minimum Gasteiger partial charge on any atom is -0.545 e. The van der Waals surface area contributed by atoms with Gasteiger partial charge in [-0.1, -0.05) is 71.4 Å². The van der Waals surface area contributed by atoms with E-state index >= 15 is 0 Å². The van der Waals surface area contributed by atoms with Gasteiger partial charge in [0.05, 0.1) is 31.9 Å². The van der Waals surface area contributed by atoms with E-state index in [0.717, 1.165) is 39.5 Å². The molecule has 0 fully saturated rings. The van der Waals surface area contributed by atoms with Gasteiger partial charge in [-0.3, -0.25) is 4.79 Å². The summed E-state index contributed by atoms with van der Waals surface area (Å²) in [5, 5.41) is 3.61. The van der Waals surface area contributed by atoms with E-state index in [2.05, 4.69) is 59.0 Å². The molecule has 3 atom stereocenters. The molecular formula is C32H43NO5Si. The molecule has 0 bridgehead atoms. The number of aryl methyl sites for hydroxylation is 1. The third kappa shape index (κ3) is 5.01. The van der Waals surface area contributed by atoms with Crippen molar-refractivity contribution in [3.63, 3.8) is 0 Å². The number of carbonyl (C=O) groups excluding carboxylic acids is 2. The number of anilines is 1. The van der Waals surface area contributed by atoms with E-state index in [4.69, 9.17) is 13.9 Å². The van der Waals surface area contributed by atoms with Crippen molar-refractivity contribution in [3.8, 4) is 5.75 Å². The Kier molecular flexibility index (Phi) is 8.31. The third-order valence-corrected chi connectivity index (χ3v) is 14.8. The van der Waals surface area contributed by atoms with Gasteiger partial charge in [-0.05, 0) is 47.3 Å². The van der Waals surface area contributed by atoms with Gasteiger partial charge in [-0.25, -0.2) is 4.79 Å². The van der Waals surface area contributed by atoms with E-state index < -0.39 is 32.0 Å². The van der Waals surface area contributed by atoms with E-state index in [1.54, 1.807) is 7.11 Å². The Bertz CT molecular complexity index is 1260. The molecule has 7 heteroatoms. The Morgan fingerprint density at radius 2 is 1.62 bits per heavy atom. The molecule has 39 heavy (non-hydrogen) atoms. The molecule has 1 aliphatic carbocycles. The van der Waals surface area contributed by atoms with Gasteiger partial charge in [0.15, 0.2) is 0 Å². The second-order valence-electron chi connectivity index (χ2n) is 11.9. The second-order valence-corrected chi connectivity index (χ2v) is 17.3. The molecule has 4 rings (SSSR count). The van der Waals surface area contributed by atoms with Crippen molar-refractivity contribution in [1.29, 1.82) is 0 Å². The third-order valence-electron chi connectivity index (χ3n) is 8.80. The number of ether oxygens (including phenoxy) is 2. The van der Waals surface area contributed by atoms with Crippen molar-refractivity contribution in [2.24, 2.45) is 5.92 Å². The Hall–Kier alpha value is -3.06. The van der Waals surface area contributed by atoms with Crippen molar-refractivity contribution in [2.75, 3.05) is 19.5 Å². The smallest absolute Gasteiger partial charge is 0.374 e. The van der Waals surface area contributed by atoms with Crippen LogP contribution in [0, 0.1) is 12.8 Å². The first-order chi connectivity index (χ1) is 18.5. The molecule has 0 saturated carbocycles. The predicted molar refractivity (Wildman–Crippen MR) is 159 cm³/mol. The Morgan fingerprint density at radius 3 is 2.18 bits per heavy atom. The van der Waals surface area contributed by atoms with Gasteiger partial charge in [-0.15, -0.1) is 0 Å². The van der Waals surface area contributed by atoms with Crippen LogP contribution in [0.1, 0.15) is 70.6 Å². The van der Waals surface area contributed by atoms with Gasteiger partial charge in [0.1, 0.15) is 5.75 Å². The Labute approximate surface area is 234 Å². The number of hydrogen-bond donors (Lipinski definition) is 1. The average molecular weight is 550 g/mol. The monoisotopic (exact) mass is 549 g/mol. The molecule has 1 N–H and O–H groups in total. The van der Waals surface area contributed by atoms with Crippen LogP contribution in [0.4, 0.5) is 5.69 Å². The maximum absolute atomic E-state index is 13.7. The zero-order chi connectivity index (χ0) is 28.6. The number of carbonyl (C=O) groups is 2. The molecular weight excluding hydrogens is 506 g/mol. The molecule has 2 aromatic rings. The molecule has 0 spiro atoms. The fourth-order valence-corrected chi connectivity index (χ4v) is 12.5. The van der Waals surface area contributed by atoms with Crippen LogP contribution in [0.5, 0.6) is 5.75 Å². The molecule has 1 heterocycles. The number of fused-ring (bicyclic) bond motifs is 3. The van der Waals surface area contributed by atoms with Crippen molar-refractivity contribution in [1.82, 2.24) is 0 Å². The quantitative estimate of drug-likeness (QED) is 0.202. The number of methoxy groups -OCH3 is 2. The summed E-state index contributed by atoms with van der Waals surface area (Å²) in [4.78, 5) is 26.5. The summed E-state index contributed by atoms with van der Waals surface area (Å²) in [6, 6.07) is 13.7. The summed E-state index contributed by atoms with van der Waals surface area (Å²) in [7, 11) is 0.591. The number of Topliss-reactive ketones (excluding diaryl/α,β-unsaturated/α-hetero) is 1. The number of ketones is 1. The molecule has 0 amide bonds. The van der Waals surface area contributed by atoms with Gasteiger partial charge >= 0.3 is 5.97 Å². The minimum atomic E-state index is -2.33. The van der Waals surface area contributed by atoms with E-state index in [1.165, 1.54) is 7.11 Å². The highest BCUT2D eigenvalue weighted by Crippen LogP contribution is 2.54. The number of nitrogens with one attached hydrogen (secondary N) is 1. The van der Waals surface area contributed by atoms with Crippen LogP contribution in [0.15, 0.2) is 48.2 Å². The lowest BCUT2D eigenvalue weighted by atomic mass is 9.70. The van der Waals surface area contributed by atoms with Crippen LogP contribution >= 0.6 is 0 Å². The number of hydrogen-bond acceptors (Lipinski definition) is 6. The number of rotatable bonds is 9. The topological polar surface area (TPSA) is 73.9 Å². The van der Waals surface area contributed by atoms with E-state index in [9.17, 15) is 9.59 Å². The summed E-state index contributed by atoms with van der Waals surface area (Å²) >= 11 is 0. The van der Waals surface area contributed by atoms with Crippen LogP contribution in [0.2, 0.25) is 16.6 Å². The highest BCUT2D eigenvalue weighted by Gasteiger charge is 2.53. The van der Waals surface area contributed by atoms with Crippen LogP contribution in [0.25, 0.3) is 5.57 Å². The van der Waals surface area contributed by atoms with Crippen molar-refractivity contribution >= 4 is 31.3 Å². The molecule has 0 aromatic heterocycles. The summed E-state index contributed by atoms with van der Waals surface area (Å²) in [6.45, 7) is 15.7.